The first-order valence-electron chi connectivity index (χ1n) is 7.79. The van der Waals surface area contributed by atoms with Crippen molar-refractivity contribution in [3.8, 4) is 5.82 Å². The predicted molar refractivity (Wildman–Crippen MR) is 94.0 cm³/mol. The number of aryl methyl sites for hydroxylation is 1. The third kappa shape index (κ3) is 4.41. The standard InChI is InChI=1S/C16H17FN6O2S/c1-12-21-15(11-16(22-12)23-10-2-7-19-23)18-8-9-20-26(24,25)14-5-3-13(17)4-6-14/h2-7,10-11,20H,8-9H2,1H3,(H,18,21,22). The molecule has 0 spiro atoms. The van der Waals surface area contributed by atoms with E-state index < -0.39 is 15.8 Å². The second-order valence-corrected chi connectivity index (χ2v) is 7.15. The van der Waals surface area contributed by atoms with Gasteiger partial charge in [0.1, 0.15) is 17.5 Å². The number of hydrogen-bond donors (Lipinski definition) is 2. The zero-order chi connectivity index (χ0) is 18.6. The number of nitrogens with zero attached hydrogens (tertiary/aromatic N) is 4. The van der Waals surface area contributed by atoms with Gasteiger partial charge in [0, 0.05) is 31.5 Å². The van der Waals surface area contributed by atoms with Crippen molar-refractivity contribution in [2.75, 3.05) is 18.4 Å². The monoisotopic (exact) mass is 376 g/mol. The lowest BCUT2D eigenvalue weighted by molar-refractivity contribution is 0.582. The summed E-state index contributed by atoms with van der Waals surface area (Å²) < 4.78 is 41.2. The summed E-state index contributed by atoms with van der Waals surface area (Å²) in [5.74, 6) is 1.24. The van der Waals surface area contributed by atoms with Gasteiger partial charge in [-0.3, -0.25) is 0 Å². The molecule has 0 amide bonds. The maximum Gasteiger partial charge on any atom is 0.240 e. The summed E-state index contributed by atoms with van der Waals surface area (Å²) in [7, 11) is -3.69. The van der Waals surface area contributed by atoms with Crippen molar-refractivity contribution in [1.29, 1.82) is 0 Å². The molecule has 0 atom stereocenters. The molecule has 3 rings (SSSR count). The molecule has 0 saturated carbocycles. The van der Waals surface area contributed by atoms with Crippen LogP contribution in [0, 0.1) is 12.7 Å². The molecule has 2 aromatic heterocycles. The molecule has 0 saturated heterocycles. The smallest absolute Gasteiger partial charge is 0.240 e. The van der Waals surface area contributed by atoms with Gasteiger partial charge in [0.2, 0.25) is 10.0 Å². The van der Waals surface area contributed by atoms with Crippen molar-refractivity contribution in [3.05, 3.63) is 60.4 Å². The minimum absolute atomic E-state index is 0.0118. The molecule has 0 fully saturated rings. The lowest BCUT2D eigenvalue weighted by atomic mass is 10.4. The highest BCUT2D eigenvalue weighted by molar-refractivity contribution is 7.89. The molecular formula is C16H17FN6O2S. The molecule has 0 aliphatic carbocycles. The molecule has 8 nitrogen and oxygen atoms in total. The van der Waals surface area contributed by atoms with Crippen LogP contribution >= 0.6 is 0 Å². The number of rotatable bonds is 7. The van der Waals surface area contributed by atoms with Crippen molar-refractivity contribution >= 4 is 15.8 Å². The molecule has 3 aromatic rings. The van der Waals surface area contributed by atoms with Gasteiger partial charge in [-0.05, 0) is 37.3 Å². The molecule has 0 unspecified atom stereocenters. The lowest BCUT2D eigenvalue weighted by Crippen LogP contribution is -2.29. The minimum atomic E-state index is -3.69. The first-order valence-corrected chi connectivity index (χ1v) is 9.27. The van der Waals surface area contributed by atoms with Crippen molar-refractivity contribution in [1.82, 2.24) is 24.5 Å². The van der Waals surface area contributed by atoms with E-state index in [1.165, 1.54) is 12.1 Å². The number of sulfonamides is 1. The quantitative estimate of drug-likeness (QED) is 0.606. The predicted octanol–water partition coefficient (Wildman–Crippen LogP) is 1.50. The highest BCUT2D eigenvalue weighted by atomic mass is 32.2. The average Bonchev–Trinajstić information content (AvgIpc) is 3.13. The van der Waals surface area contributed by atoms with E-state index in [2.05, 4.69) is 25.1 Å². The van der Waals surface area contributed by atoms with Gasteiger partial charge < -0.3 is 5.32 Å². The van der Waals surface area contributed by atoms with E-state index in [9.17, 15) is 12.8 Å². The SMILES string of the molecule is Cc1nc(NCCNS(=O)(=O)c2ccc(F)cc2)cc(-n2cccn2)n1. The molecular weight excluding hydrogens is 359 g/mol. The van der Waals surface area contributed by atoms with E-state index >= 15 is 0 Å². The number of hydrogen-bond acceptors (Lipinski definition) is 6. The van der Waals surface area contributed by atoms with Gasteiger partial charge in [-0.15, -0.1) is 0 Å². The summed E-state index contributed by atoms with van der Waals surface area (Å²) in [6.07, 6.45) is 3.41. The van der Waals surface area contributed by atoms with Crippen molar-refractivity contribution in [2.45, 2.75) is 11.8 Å². The first-order chi connectivity index (χ1) is 12.4. The minimum Gasteiger partial charge on any atom is -0.369 e. The van der Waals surface area contributed by atoms with Crippen LogP contribution in [0.5, 0.6) is 0 Å². The summed E-state index contributed by atoms with van der Waals surface area (Å²) in [6, 6.07) is 8.15. The lowest BCUT2D eigenvalue weighted by Gasteiger charge is -2.10. The second kappa shape index (κ2) is 7.58. The van der Waals surface area contributed by atoms with Crippen molar-refractivity contribution in [2.24, 2.45) is 0 Å². The van der Waals surface area contributed by atoms with E-state index in [4.69, 9.17) is 0 Å². The Morgan fingerprint density at radius 3 is 2.62 bits per heavy atom. The maximum atomic E-state index is 12.9. The Hall–Kier alpha value is -2.85. The summed E-state index contributed by atoms with van der Waals surface area (Å²) in [6.45, 7) is 2.21. The fraction of sp³-hybridized carbons (Fsp3) is 0.188. The summed E-state index contributed by atoms with van der Waals surface area (Å²) in [5.41, 5.74) is 0. The fourth-order valence-corrected chi connectivity index (χ4v) is 3.27. The van der Waals surface area contributed by atoms with Gasteiger partial charge in [0.15, 0.2) is 5.82 Å². The Labute approximate surface area is 150 Å². The zero-order valence-corrected chi connectivity index (χ0v) is 14.7. The Morgan fingerprint density at radius 1 is 1.15 bits per heavy atom. The van der Waals surface area contributed by atoms with Crippen LogP contribution < -0.4 is 10.0 Å². The van der Waals surface area contributed by atoms with Crippen LogP contribution in [0.25, 0.3) is 5.82 Å². The largest absolute Gasteiger partial charge is 0.369 e. The Balaban J connectivity index is 1.59. The highest BCUT2D eigenvalue weighted by Gasteiger charge is 2.13. The van der Waals surface area contributed by atoms with E-state index in [1.807, 2.05) is 0 Å². The van der Waals surface area contributed by atoms with Gasteiger partial charge in [-0.2, -0.15) is 5.10 Å². The van der Waals surface area contributed by atoms with Gasteiger partial charge >= 0.3 is 0 Å². The molecule has 1 aromatic carbocycles. The van der Waals surface area contributed by atoms with E-state index in [-0.39, 0.29) is 11.4 Å². The number of nitrogens with one attached hydrogen (secondary N) is 2. The Morgan fingerprint density at radius 2 is 1.92 bits per heavy atom. The molecule has 26 heavy (non-hydrogen) atoms. The molecule has 0 aliphatic heterocycles. The van der Waals surface area contributed by atoms with Gasteiger partial charge in [0.05, 0.1) is 4.90 Å². The molecule has 0 aliphatic rings. The number of aromatic nitrogens is 4. The molecule has 2 heterocycles. The third-order valence-corrected chi connectivity index (χ3v) is 4.89. The van der Waals surface area contributed by atoms with E-state index in [0.29, 0.717) is 24.0 Å². The van der Waals surface area contributed by atoms with Crippen LogP contribution in [-0.2, 0) is 10.0 Å². The van der Waals surface area contributed by atoms with Crippen LogP contribution in [0.2, 0.25) is 0 Å². The zero-order valence-electron chi connectivity index (χ0n) is 13.9. The maximum absolute atomic E-state index is 12.9. The molecule has 2 N–H and O–H groups in total. The Kier molecular flexibility index (Phi) is 5.24. The van der Waals surface area contributed by atoms with Crippen molar-refractivity contribution in [3.63, 3.8) is 0 Å². The van der Waals surface area contributed by atoms with E-state index in [1.54, 1.807) is 36.1 Å². The number of halogens is 1. The van der Waals surface area contributed by atoms with Crippen LogP contribution in [0.15, 0.2) is 53.7 Å². The highest BCUT2D eigenvalue weighted by Crippen LogP contribution is 2.11. The fourth-order valence-electron chi connectivity index (χ4n) is 2.24. The van der Waals surface area contributed by atoms with Crippen LogP contribution in [0.3, 0.4) is 0 Å². The molecule has 0 bridgehead atoms. The summed E-state index contributed by atoms with van der Waals surface area (Å²) in [4.78, 5) is 8.57. The topological polar surface area (TPSA) is 102 Å². The number of anilines is 1. The third-order valence-electron chi connectivity index (χ3n) is 3.41. The average molecular weight is 376 g/mol. The molecule has 136 valence electrons. The summed E-state index contributed by atoms with van der Waals surface area (Å²) >= 11 is 0. The van der Waals surface area contributed by atoms with Gasteiger partial charge in [-0.25, -0.2) is 32.2 Å². The Bertz CT molecular complexity index is 974. The van der Waals surface area contributed by atoms with Crippen LogP contribution in [0.1, 0.15) is 5.82 Å². The van der Waals surface area contributed by atoms with Gasteiger partial charge in [-0.1, -0.05) is 0 Å². The first kappa shape index (κ1) is 18.0. The molecule has 0 radical (unpaired) electrons. The number of benzene rings is 1. The van der Waals surface area contributed by atoms with Crippen LogP contribution in [0.4, 0.5) is 10.2 Å². The normalized spacial score (nSPS) is 11.5. The van der Waals surface area contributed by atoms with Crippen molar-refractivity contribution < 1.29 is 12.8 Å². The van der Waals surface area contributed by atoms with E-state index in [0.717, 1.165) is 12.1 Å². The second-order valence-electron chi connectivity index (χ2n) is 5.39. The molecule has 10 heteroatoms. The van der Waals surface area contributed by atoms with Crippen LogP contribution in [-0.4, -0.2) is 41.3 Å². The van der Waals surface area contributed by atoms with Gasteiger partial charge in [0.25, 0.3) is 0 Å². The summed E-state index contributed by atoms with van der Waals surface area (Å²) in [5, 5.41) is 7.16.